The van der Waals surface area contributed by atoms with E-state index in [0.717, 1.165) is 50.4 Å². The van der Waals surface area contributed by atoms with Crippen LogP contribution in [0.5, 0.6) is 0 Å². The number of aromatic nitrogens is 9. The highest BCUT2D eigenvalue weighted by atomic mass is 15.2. The molecular formula is C27H26N10. The Labute approximate surface area is 213 Å². The van der Waals surface area contributed by atoms with Crippen LogP contribution in [-0.4, -0.2) is 44.7 Å². The van der Waals surface area contributed by atoms with Gasteiger partial charge in [0.1, 0.15) is 11.2 Å². The van der Waals surface area contributed by atoms with E-state index < -0.39 is 0 Å². The molecule has 0 aliphatic heterocycles. The van der Waals surface area contributed by atoms with Gasteiger partial charge in [0.25, 0.3) is 0 Å². The second kappa shape index (κ2) is 8.37. The van der Waals surface area contributed by atoms with Crippen LogP contribution in [0.4, 0.5) is 5.69 Å². The molecule has 0 saturated carbocycles. The molecule has 6 heterocycles. The highest BCUT2D eigenvalue weighted by Crippen LogP contribution is 2.31. The summed E-state index contributed by atoms with van der Waals surface area (Å²) in [4.78, 5) is 26.0. The molecule has 37 heavy (non-hydrogen) atoms. The average molecular weight is 491 g/mol. The van der Waals surface area contributed by atoms with Crippen molar-refractivity contribution >= 4 is 27.8 Å². The van der Waals surface area contributed by atoms with Crippen LogP contribution in [0.2, 0.25) is 0 Å². The summed E-state index contributed by atoms with van der Waals surface area (Å²) in [7, 11) is 0. The fourth-order valence-corrected chi connectivity index (χ4v) is 4.04. The predicted octanol–water partition coefficient (Wildman–Crippen LogP) is 5.42. The standard InChI is InChI=1S/C27H26N10/c1-15-13-37(14-31-15)22-6-7-29-25-24(22)33-26(34-25)23-19-9-20(30-12-21(19)35-36-23)17-8-18(11-28-10-17)32-16(2)27(3,4)5/h6-14,32H,2H2,1,3-5H3,(H,35,36)(H,29,33,34). The smallest absolute Gasteiger partial charge is 0.180 e. The van der Waals surface area contributed by atoms with Gasteiger partial charge in [0.15, 0.2) is 11.5 Å². The van der Waals surface area contributed by atoms with E-state index in [4.69, 9.17) is 4.98 Å². The highest BCUT2D eigenvalue weighted by molar-refractivity contribution is 5.95. The fourth-order valence-electron chi connectivity index (χ4n) is 4.04. The maximum atomic E-state index is 4.74. The van der Waals surface area contributed by atoms with Crippen LogP contribution in [0, 0.1) is 12.3 Å². The molecule has 0 aromatic carbocycles. The lowest BCUT2D eigenvalue weighted by Gasteiger charge is -2.23. The quantitative estimate of drug-likeness (QED) is 0.294. The lowest BCUT2D eigenvalue weighted by molar-refractivity contribution is 0.509. The lowest BCUT2D eigenvalue weighted by Crippen LogP contribution is -2.15. The molecule has 6 aromatic rings. The van der Waals surface area contributed by atoms with Crippen molar-refractivity contribution in [2.24, 2.45) is 5.41 Å². The summed E-state index contributed by atoms with van der Waals surface area (Å²) in [6.45, 7) is 12.5. The number of anilines is 1. The first-order valence-corrected chi connectivity index (χ1v) is 11.9. The number of imidazole rings is 2. The van der Waals surface area contributed by atoms with Gasteiger partial charge in [-0.25, -0.2) is 15.0 Å². The minimum atomic E-state index is -0.0726. The van der Waals surface area contributed by atoms with Crippen LogP contribution in [-0.2, 0) is 0 Å². The third kappa shape index (κ3) is 4.12. The Kier molecular flexibility index (Phi) is 5.11. The number of hydrogen-bond acceptors (Lipinski definition) is 7. The summed E-state index contributed by atoms with van der Waals surface area (Å²) in [6.07, 6.45) is 10.8. The second-order valence-corrected chi connectivity index (χ2v) is 10.0. The molecule has 0 spiro atoms. The lowest BCUT2D eigenvalue weighted by atomic mass is 9.93. The fraction of sp³-hybridized carbons (Fsp3) is 0.185. The van der Waals surface area contributed by atoms with E-state index in [2.05, 4.69) is 67.8 Å². The van der Waals surface area contributed by atoms with Gasteiger partial charge >= 0.3 is 0 Å². The van der Waals surface area contributed by atoms with Gasteiger partial charge in [0, 0.05) is 40.7 Å². The molecule has 6 aromatic heterocycles. The van der Waals surface area contributed by atoms with Crippen molar-refractivity contribution in [1.29, 1.82) is 0 Å². The minimum absolute atomic E-state index is 0.0726. The Morgan fingerprint density at radius 1 is 1.08 bits per heavy atom. The Morgan fingerprint density at radius 2 is 1.95 bits per heavy atom. The molecule has 0 unspecified atom stereocenters. The first-order valence-electron chi connectivity index (χ1n) is 11.9. The molecule has 0 amide bonds. The van der Waals surface area contributed by atoms with Crippen molar-refractivity contribution < 1.29 is 0 Å². The number of nitrogens with one attached hydrogen (secondary N) is 3. The number of nitrogens with zero attached hydrogens (tertiary/aromatic N) is 7. The van der Waals surface area contributed by atoms with Gasteiger partial charge in [-0.2, -0.15) is 5.10 Å². The second-order valence-electron chi connectivity index (χ2n) is 10.0. The first kappa shape index (κ1) is 22.6. The summed E-state index contributed by atoms with van der Waals surface area (Å²) < 4.78 is 1.95. The van der Waals surface area contributed by atoms with E-state index in [9.17, 15) is 0 Å². The zero-order valence-electron chi connectivity index (χ0n) is 21.0. The summed E-state index contributed by atoms with van der Waals surface area (Å²) in [6, 6.07) is 5.94. The Hall–Kier alpha value is -4.86. The average Bonchev–Trinajstić information content (AvgIpc) is 3.60. The van der Waals surface area contributed by atoms with E-state index in [1.165, 1.54) is 0 Å². The number of fused-ring (bicyclic) bond motifs is 2. The number of aryl methyl sites for hydroxylation is 1. The van der Waals surface area contributed by atoms with E-state index >= 15 is 0 Å². The van der Waals surface area contributed by atoms with Crippen LogP contribution >= 0.6 is 0 Å². The van der Waals surface area contributed by atoms with Crippen molar-refractivity contribution in [3.8, 4) is 28.5 Å². The van der Waals surface area contributed by atoms with Crippen LogP contribution in [0.3, 0.4) is 0 Å². The zero-order chi connectivity index (χ0) is 25.7. The minimum Gasteiger partial charge on any atom is -0.358 e. The van der Waals surface area contributed by atoms with Crippen molar-refractivity contribution in [3.63, 3.8) is 0 Å². The third-order valence-electron chi connectivity index (χ3n) is 6.27. The molecule has 0 saturated heterocycles. The number of aromatic amines is 2. The molecule has 6 rings (SSSR count). The van der Waals surface area contributed by atoms with Gasteiger partial charge < -0.3 is 14.9 Å². The summed E-state index contributed by atoms with van der Waals surface area (Å²) in [5.74, 6) is 0.616. The number of allylic oxidation sites excluding steroid dienone is 1. The van der Waals surface area contributed by atoms with E-state index in [1.54, 1.807) is 31.1 Å². The largest absolute Gasteiger partial charge is 0.358 e. The molecule has 184 valence electrons. The maximum absolute atomic E-state index is 4.74. The van der Waals surface area contributed by atoms with Crippen molar-refractivity contribution in [2.75, 3.05) is 5.32 Å². The number of pyridine rings is 3. The van der Waals surface area contributed by atoms with Crippen LogP contribution < -0.4 is 5.32 Å². The summed E-state index contributed by atoms with van der Waals surface area (Å²) in [5.41, 5.74) is 8.10. The monoisotopic (exact) mass is 490 g/mol. The molecule has 0 aliphatic rings. The van der Waals surface area contributed by atoms with Crippen molar-refractivity contribution in [3.05, 3.63) is 73.5 Å². The molecule has 10 nitrogen and oxygen atoms in total. The van der Waals surface area contributed by atoms with Gasteiger partial charge in [-0.05, 0) is 25.1 Å². The summed E-state index contributed by atoms with van der Waals surface area (Å²) in [5, 5.41) is 11.9. The predicted molar refractivity (Wildman–Crippen MR) is 144 cm³/mol. The van der Waals surface area contributed by atoms with Crippen LogP contribution in [0.1, 0.15) is 26.5 Å². The van der Waals surface area contributed by atoms with Crippen molar-refractivity contribution in [1.82, 2.24) is 44.7 Å². The molecule has 0 fully saturated rings. The highest BCUT2D eigenvalue weighted by Gasteiger charge is 2.18. The maximum Gasteiger partial charge on any atom is 0.180 e. The number of hydrogen-bond donors (Lipinski definition) is 3. The first-order chi connectivity index (χ1) is 17.8. The summed E-state index contributed by atoms with van der Waals surface area (Å²) >= 11 is 0. The van der Waals surface area contributed by atoms with E-state index in [0.29, 0.717) is 17.2 Å². The normalized spacial score (nSPS) is 11.9. The third-order valence-corrected chi connectivity index (χ3v) is 6.27. The molecule has 0 bridgehead atoms. The SMILES string of the molecule is C=C(Nc1cncc(-c2cc3c(-c4nc5nccc(-n6cnc(C)c6)c5[nH]4)n[nH]c3cn2)c1)C(C)(C)C. The topological polar surface area (TPSA) is 126 Å². The van der Waals surface area contributed by atoms with E-state index in [1.807, 2.05) is 35.9 Å². The number of rotatable bonds is 5. The molecule has 10 heteroatoms. The molecule has 0 radical (unpaired) electrons. The van der Waals surface area contributed by atoms with Gasteiger partial charge in [-0.15, -0.1) is 0 Å². The molecule has 0 aliphatic carbocycles. The number of H-pyrrole nitrogens is 2. The van der Waals surface area contributed by atoms with Gasteiger partial charge in [-0.3, -0.25) is 15.1 Å². The van der Waals surface area contributed by atoms with Crippen LogP contribution in [0.15, 0.2) is 67.8 Å². The molecular weight excluding hydrogens is 464 g/mol. The Balaban J connectivity index is 1.40. The molecule has 0 atom stereocenters. The van der Waals surface area contributed by atoms with Crippen molar-refractivity contribution in [2.45, 2.75) is 27.7 Å². The zero-order valence-corrected chi connectivity index (χ0v) is 21.0. The van der Waals surface area contributed by atoms with Gasteiger partial charge in [-0.1, -0.05) is 27.4 Å². The molecule has 3 N–H and O–H groups in total. The Morgan fingerprint density at radius 3 is 2.73 bits per heavy atom. The Bertz CT molecular complexity index is 1780. The van der Waals surface area contributed by atoms with E-state index in [-0.39, 0.29) is 5.41 Å². The van der Waals surface area contributed by atoms with Gasteiger partial charge in [0.05, 0.1) is 47.0 Å². The van der Waals surface area contributed by atoms with Crippen LogP contribution in [0.25, 0.3) is 50.5 Å². The van der Waals surface area contributed by atoms with Gasteiger partial charge in [0.2, 0.25) is 0 Å².